The summed E-state index contributed by atoms with van der Waals surface area (Å²) in [5.74, 6) is -0.415. The highest BCUT2D eigenvalue weighted by Gasteiger charge is 2.39. The van der Waals surface area contributed by atoms with Crippen LogP contribution in [0.5, 0.6) is 0 Å². The summed E-state index contributed by atoms with van der Waals surface area (Å²) in [5, 5.41) is 21.7. The summed E-state index contributed by atoms with van der Waals surface area (Å²) in [5.41, 5.74) is 0. The number of hydrogen-bond acceptors (Lipinski definition) is 5. The van der Waals surface area contributed by atoms with Crippen LogP contribution < -0.4 is 5.14 Å². The molecule has 1 aliphatic heterocycles. The van der Waals surface area contributed by atoms with Gasteiger partial charge in [-0.25, -0.2) is 13.6 Å². The van der Waals surface area contributed by atoms with Crippen molar-refractivity contribution in [3.63, 3.8) is 0 Å². The van der Waals surface area contributed by atoms with Gasteiger partial charge in [-0.3, -0.25) is 4.79 Å². The Kier molecular flexibility index (Phi) is 3.66. The van der Waals surface area contributed by atoms with E-state index in [1.807, 2.05) is 0 Å². The molecule has 1 unspecified atom stereocenters. The van der Waals surface area contributed by atoms with Gasteiger partial charge in [-0.1, -0.05) is 0 Å². The lowest BCUT2D eigenvalue weighted by Gasteiger charge is -2.24. The molecular formula is C7H14N2O5S. The molecule has 8 heteroatoms. The number of aliphatic hydroxyl groups is 2. The second-order valence-corrected chi connectivity index (χ2v) is 5.32. The van der Waals surface area contributed by atoms with Gasteiger partial charge in [0.1, 0.15) is 5.25 Å². The minimum atomic E-state index is -3.74. The number of amides is 1. The summed E-state index contributed by atoms with van der Waals surface area (Å²) < 4.78 is 22.0. The van der Waals surface area contributed by atoms with E-state index in [4.69, 9.17) is 15.4 Å². The second kappa shape index (κ2) is 4.44. The third kappa shape index (κ3) is 2.65. The molecule has 7 nitrogen and oxygen atoms in total. The van der Waals surface area contributed by atoms with Gasteiger partial charge in [0, 0.05) is 13.0 Å². The normalized spacial score (nSPS) is 22.8. The van der Waals surface area contributed by atoms with Crippen LogP contribution >= 0.6 is 0 Å². The van der Waals surface area contributed by atoms with Crippen molar-refractivity contribution in [1.29, 1.82) is 0 Å². The number of nitrogens with two attached hydrogens (primary N) is 1. The molecule has 0 bridgehead atoms. The monoisotopic (exact) mass is 238 g/mol. The molecule has 1 fully saturated rings. The zero-order chi connectivity index (χ0) is 11.6. The number of carbonyl (C=O) groups is 1. The molecule has 0 aliphatic carbocycles. The predicted octanol–water partition coefficient (Wildman–Crippen LogP) is -2.77. The number of nitrogens with zero attached hydrogens (tertiary/aromatic N) is 1. The Morgan fingerprint density at radius 2 is 2.00 bits per heavy atom. The van der Waals surface area contributed by atoms with Crippen LogP contribution in [0.4, 0.5) is 0 Å². The molecule has 0 aromatic heterocycles. The van der Waals surface area contributed by atoms with Crippen LogP contribution in [0.1, 0.15) is 6.42 Å². The van der Waals surface area contributed by atoms with E-state index in [0.717, 1.165) is 4.90 Å². The minimum absolute atomic E-state index is 0.0660. The first-order chi connectivity index (χ1) is 6.90. The van der Waals surface area contributed by atoms with Gasteiger partial charge in [0.05, 0.1) is 19.3 Å². The molecule has 1 aliphatic rings. The van der Waals surface area contributed by atoms with E-state index in [-0.39, 0.29) is 13.0 Å². The lowest BCUT2D eigenvalue weighted by molar-refractivity contribution is -0.131. The van der Waals surface area contributed by atoms with Crippen LogP contribution in [-0.2, 0) is 14.8 Å². The van der Waals surface area contributed by atoms with Crippen molar-refractivity contribution in [2.24, 2.45) is 5.14 Å². The summed E-state index contributed by atoms with van der Waals surface area (Å²) in [6, 6.07) is -0.746. The van der Waals surface area contributed by atoms with E-state index >= 15 is 0 Å². The fraction of sp³-hybridized carbons (Fsp3) is 0.857. The van der Waals surface area contributed by atoms with E-state index in [9.17, 15) is 13.2 Å². The Hall–Kier alpha value is -0.700. The van der Waals surface area contributed by atoms with E-state index in [1.54, 1.807) is 0 Å². The molecule has 1 atom stereocenters. The first kappa shape index (κ1) is 12.4. The second-order valence-electron chi connectivity index (χ2n) is 3.48. The van der Waals surface area contributed by atoms with Crippen molar-refractivity contribution in [2.75, 3.05) is 19.8 Å². The van der Waals surface area contributed by atoms with Crippen LogP contribution in [0.2, 0.25) is 0 Å². The third-order valence-corrected chi connectivity index (χ3v) is 3.69. The molecule has 15 heavy (non-hydrogen) atoms. The standard InChI is InChI=1S/C7H14N2O5S/c8-15(13,14)6-1-7(12)9(2-6)5(3-10)4-11/h5-6,10-11H,1-4H2,(H2,8,13,14). The molecule has 1 rings (SSSR count). The molecule has 1 heterocycles. The van der Waals surface area contributed by atoms with E-state index in [2.05, 4.69) is 0 Å². The number of hydrogen-bond donors (Lipinski definition) is 3. The van der Waals surface area contributed by atoms with Gasteiger partial charge in [0.15, 0.2) is 0 Å². The maximum Gasteiger partial charge on any atom is 0.224 e. The quantitative estimate of drug-likeness (QED) is 0.489. The molecular weight excluding hydrogens is 224 g/mol. The Morgan fingerprint density at radius 1 is 1.47 bits per heavy atom. The number of likely N-dealkylation sites (tertiary alicyclic amines) is 1. The Bertz CT molecular complexity index is 337. The summed E-state index contributed by atoms with van der Waals surface area (Å²) >= 11 is 0. The maximum absolute atomic E-state index is 11.4. The fourth-order valence-electron chi connectivity index (χ4n) is 1.53. The average molecular weight is 238 g/mol. The van der Waals surface area contributed by atoms with Crippen LogP contribution in [-0.4, -0.2) is 60.5 Å². The van der Waals surface area contributed by atoms with Crippen molar-refractivity contribution in [1.82, 2.24) is 4.90 Å². The largest absolute Gasteiger partial charge is 0.394 e. The number of sulfonamides is 1. The van der Waals surface area contributed by atoms with Gasteiger partial charge in [0.25, 0.3) is 0 Å². The topological polar surface area (TPSA) is 121 Å². The smallest absolute Gasteiger partial charge is 0.224 e. The molecule has 1 amide bonds. The lowest BCUT2D eigenvalue weighted by atomic mass is 10.3. The number of rotatable bonds is 4. The van der Waals surface area contributed by atoms with E-state index in [0.29, 0.717) is 0 Å². The Labute approximate surface area is 87.5 Å². The highest BCUT2D eigenvalue weighted by atomic mass is 32.2. The molecule has 0 saturated carbocycles. The number of carbonyl (C=O) groups excluding carboxylic acids is 1. The van der Waals surface area contributed by atoms with Gasteiger partial charge >= 0.3 is 0 Å². The first-order valence-corrected chi connectivity index (χ1v) is 6.04. The SMILES string of the molecule is NS(=O)(=O)C1CC(=O)N(C(CO)CO)C1. The van der Waals surface area contributed by atoms with E-state index in [1.165, 1.54) is 0 Å². The molecule has 0 spiro atoms. The summed E-state index contributed by atoms with van der Waals surface area (Å²) in [6.07, 6.45) is -0.185. The summed E-state index contributed by atoms with van der Waals surface area (Å²) in [6.45, 7) is -0.872. The summed E-state index contributed by atoms with van der Waals surface area (Å²) in [7, 11) is -3.74. The van der Waals surface area contributed by atoms with Gasteiger partial charge in [-0.15, -0.1) is 0 Å². The van der Waals surface area contributed by atoms with Gasteiger partial charge in [-0.2, -0.15) is 0 Å². The van der Waals surface area contributed by atoms with Crippen molar-refractivity contribution in [3.8, 4) is 0 Å². The van der Waals surface area contributed by atoms with Crippen LogP contribution in [0.3, 0.4) is 0 Å². The highest BCUT2D eigenvalue weighted by molar-refractivity contribution is 7.89. The van der Waals surface area contributed by atoms with Gasteiger partial charge in [0.2, 0.25) is 15.9 Å². The van der Waals surface area contributed by atoms with Crippen molar-refractivity contribution >= 4 is 15.9 Å². The number of primary sulfonamides is 1. The van der Waals surface area contributed by atoms with Crippen LogP contribution in [0.25, 0.3) is 0 Å². The van der Waals surface area contributed by atoms with Crippen molar-refractivity contribution in [3.05, 3.63) is 0 Å². The molecule has 88 valence electrons. The fourth-order valence-corrected chi connectivity index (χ4v) is 2.27. The van der Waals surface area contributed by atoms with Crippen LogP contribution in [0, 0.1) is 0 Å². The minimum Gasteiger partial charge on any atom is -0.394 e. The molecule has 0 radical (unpaired) electrons. The Balaban J connectivity index is 2.77. The predicted molar refractivity (Wildman–Crippen MR) is 51.2 cm³/mol. The zero-order valence-electron chi connectivity index (χ0n) is 8.04. The zero-order valence-corrected chi connectivity index (χ0v) is 8.85. The van der Waals surface area contributed by atoms with Gasteiger partial charge < -0.3 is 15.1 Å². The maximum atomic E-state index is 11.4. The average Bonchev–Trinajstić information content (AvgIpc) is 2.50. The number of aliphatic hydroxyl groups excluding tert-OH is 2. The Morgan fingerprint density at radius 3 is 2.33 bits per heavy atom. The molecule has 0 aromatic rings. The van der Waals surface area contributed by atoms with Crippen LogP contribution in [0.15, 0.2) is 0 Å². The molecule has 1 saturated heterocycles. The van der Waals surface area contributed by atoms with Gasteiger partial charge in [-0.05, 0) is 0 Å². The highest BCUT2D eigenvalue weighted by Crippen LogP contribution is 2.18. The summed E-state index contributed by atoms with van der Waals surface area (Å²) in [4.78, 5) is 12.5. The third-order valence-electron chi connectivity index (χ3n) is 2.45. The molecule has 0 aromatic carbocycles. The van der Waals surface area contributed by atoms with E-state index < -0.39 is 40.4 Å². The molecule has 4 N–H and O–H groups in total. The first-order valence-electron chi connectivity index (χ1n) is 4.43. The lowest BCUT2D eigenvalue weighted by Crippen LogP contribution is -2.42. The van der Waals surface area contributed by atoms with Crippen molar-refractivity contribution < 1.29 is 23.4 Å². The van der Waals surface area contributed by atoms with Crippen molar-refractivity contribution in [2.45, 2.75) is 17.7 Å².